The van der Waals surface area contributed by atoms with Crippen LogP contribution in [0.15, 0.2) is 36.9 Å². The van der Waals surface area contributed by atoms with Crippen LogP contribution in [-0.4, -0.2) is 62.7 Å². The van der Waals surface area contributed by atoms with Crippen molar-refractivity contribution in [3.8, 4) is 11.4 Å². The van der Waals surface area contributed by atoms with Crippen LogP contribution in [0.4, 0.5) is 0 Å². The highest BCUT2D eigenvalue weighted by atomic mass is 16.2. The maximum atomic E-state index is 12.8. The number of carbonyl (C=O) groups excluding carboxylic acids is 2. The van der Waals surface area contributed by atoms with Gasteiger partial charge in [0.25, 0.3) is 5.91 Å². The van der Waals surface area contributed by atoms with Gasteiger partial charge in [0.15, 0.2) is 5.82 Å². The standard InChI is InChI=1S/C20H23N5O2/c1-2-24-14-20(10-17(24)26)5-8-25(9-6-20)19(27)16-12-22-18(23-13-16)15-4-3-7-21-11-15/h3-4,7,11-13H,2,5-6,8-10,14H2,1H3. The topological polar surface area (TPSA) is 79.3 Å². The van der Waals surface area contributed by atoms with E-state index in [1.54, 1.807) is 24.8 Å². The summed E-state index contributed by atoms with van der Waals surface area (Å²) < 4.78 is 0. The molecular weight excluding hydrogens is 342 g/mol. The van der Waals surface area contributed by atoms with E-state index < -0.39 is 0 Å². The summed E-state index contributed by atoms with van der Waals surface area (Å²) in [6, 6.07) is 3.71. The molecule has 2 aromatic heterocycles. The van der Waals surface area contributed by atoms with Crippen molar-refractivity contribution >= 4 is 11.8 Å². The first kappa shape index (κ1) is 17.6. The quantitative estimate of drug-likeness (QED) is 0.831. The fourth-order valence-corrected chi connectivity index (χ4v) is 4.05. The molecule has 2 aliphatic heterocycles. The van der Waals surface area contributed by atoms with Crippen LogP contribution in [0, 0.1) is 5.41 Å². The van der Waals surface area contributed by atoms with Crippen LogP contribution in [-0.2, 0) is 4.79 Å². The van der Waals surface area contributed by atoms with Gasteiger partial charge in [-0.2, -0.15) is 0 Å². The maximum Gasteiger partial charge on any atom is 0.256 e. The highest BCUT2D eigenvalue weighted by Gasteiger charge is 2.44. The van der Waals surface area contributed by atoms with Gasteiger partial charge in [0, 0.05) is 68.4 Å². The highest BCUT2D eigenvalue weighted by Crippen LogP contribution is 2.41. The number of rotatable bonds is 3. The number of likely N-dealkylation sites (tertiary alicyclic amines) is 2. The van der Waals surface area contributed by atoms with E-state index in [-0.39, 0.29) is 17.2 Å². The zero-order chi connectivity index (χ0) is 18.9. The van der Waals surface area contributed by atoms with Crippen LogP contribution in [0.5, 0.6) is 0 Å². The third-order valence-corrected chi connectivity index (χ3v) is 5.72. The number of carbonyl (C=O) groups is 2. The first-order valence-electron chi connectivity index (χ1n) is 9.40. The lowest BCUT2D eigenvalue weighted by Gasteiger charge is -2.38. The Morgan fingerprint density at radius 2 is 1.93 bits per heavy atom. The predicted octanol–water partition coefficient (Wildman–Crippen LogP) is 2.01. The molecule has 1 spiro atoms. The van der Waals surface area contributed by atoms with Crippen LogP contribution in [0.25, 0.3) is 11.4 Å². The van der Waals surface area contributed by atoms with E-state index in [4.69, 9.17) is 0 Å². The molecule has 0 aliphatic carbocycles. The summed E-state index contributed by atoms with van der Waals surface area (Å²) >= 11 is 0. The Bertz CT molecular complexity index is 829. The van der Waals surface area contributed by atoms with Crippen molar-refractivity contribution < 1.29 is 9.59 Å². The molecule has 2 aromatic rings. The molecule has 0 N–H and O–H groups in total. The lowest BCUT2D eigenvalue weighted by molar-refractivity contribution is -0.127. The van der Waals surface area contributed by atoms with Crippen LogP contribution >= 0.6 is 0 Å². The van der Waals surface area contributed by atoms with Crippen molar-refractivity contribution in [3.63, 3.8) is 0 Å². The van der Waals surface area contributed by atoms with Crippen LogP contribution in [0.1, 0.15) is 36.5 Å². The molecule has 0 bridgehead atoms. The number of aromatic nitrogens is 3. The molecule has 2 aliphatic rings. The van der Waals surface area contributed by atoms with E-state index in [0.29, 0.717) is 30.9 Å². The molecule has 4 rings (SSSR count). The molecule has 0 aromatic carbocycles. The lowest BCUT2D eigenvalue weighted by Crippen LogP contribution is -2.44. The fourth-order valence-electron chi connectivity index (χ4n) is 4.05. The van der Waals surface area contributed by atoms with Gasteiger partial charge in [-0.3, -0.25) is 14.6 Å². The lowest BCUT2D eigenvalue weighted by atomic mass is 9.77. The average Bonchev–Trinajstić information content (AvgIpc) is 3.04. The molecule has 4 heterocycles. The van der Waals surface area contributed by atoms with Gasteiger partial charge in [-0.1, -0.05) is 0 Å². The maximum absolute atomic E-state index is 12.8. The number of piperidine rings is 1. The molecule has 7 heteroatoms. The fraction of sp³-hybridized carbons (Fsp3) is 0.450. The zero-order valence-electron chi connectivity index (χ0n) is 15.5. The molecule has 0 atom stereocenters. The Morgan fingerprint density at radius 1 is 1.19 bits per heavy atom. The predicted molar refractivity (Wildman–Crippen MR) is 99.7 cm³/mol. The minimum Gasteiger partial charge on any atom is -0.342 e. The van der Waals surface area contributed by atoms with Gasteiger partial charge in [0.05, 0.1) is 5.56 Å². The summed E-state index contributed by atoms with van der Waals surface area (Å²) in [5, 5.41) is 0. The van der Waals surface area contributed by atoms with Crippen LogP contribution in [0.2, 0.25) is 0 Å². The molecule has 0 radical (unpaired) electrons. The molecule has 27 heavy (non-hydrogen) atoms. The van der Waals surface area contributed by atoms with E-state index in [1.807, 2.05) is 28.9 Å². The summed E-state index contributed by atoms with van der Waals surface area (Å²) in [6.07, 6.45) is 8.92. The molecule has 0 saturated carbocycles. The molecule has 0 unspecified atom stereocenters. The van der Waals surface area contributed by atoms with E-state index in [9.17, 15) is 9.59 Å². The first-order chi connectivity index (χ1) is 13.1. The molecule has 7 nitrogen and oxygen atoms in total. The Balaban J connectivity index is 1.40. The largest absolute Gasteiger partial charge is 0.342 e. The van der Waals surface area contributed by atoms with Crippen molar-refractivity contribution in [1.29, 1.82) is 0 Å². The summed E-state index contributed by atoms with van der Waals surface area (Å²) in [7, 11) is 0. The number of amides is 2. The average molecular weight is 365 g/mol. The number of hydrogen-bond acceptors (Lipinski definition) is 5. The van der Waals surface area contributed by atoms with Gasteiger partial charge >= 0.3 is 0 Å². The number of nitrogens with zero attached hydrogens (tertiary/aromatic N) is 5. The Hall–Kier alpha value is -2.83. The second-order valence-corrected chi connectivity index (χ2v) is 7.41. The van der Waals surface area contributed by atoms with E-state index in [0.717, 1.165) is 31.5 Å². The van der Waals surface area contributed by atoms with Crippen molar-refractivity contribution in [1.82, 2.24) is 24.8 Å². The minimum absolute atomic E-state index is 0.0424. The Labute approximate surface area is 158 Å². The second-order valence-electron chi connectivity index (χ2n) is 7.41. The Kier molecular flexibility index (Phi) is 4.59. The van der Waals surface area contributed by atoms with E-state index in [2.05, 4.69) is 15.0 Å². The molecule has 140 valence electrons. The van der Waals surface area contributed by atoms with Gasteiger partial charge in [0.1, 0.15) is 0 Å². The SMILES string of the molecule is CCN1CC2(CCN(C(=O)c3cnc(-c4cccnc4)nc3)CC2)CC1=O. The highest BCUT2D eigenvalue weighted by molar-refractivity contribution is 5.93. The van der Waals surface area contributed by atoms with E-state index in [1.165, 1.54) is 0 Å². The van der Waals surface area contributed by atoms with E-state index >= 15 is 0 Å². The third-order valence-electron chi connectivity index (χ3n) is 5.72. The Morgan fingerprint density at radius 3 is 2.52 bits per heavy atom. The van der Waals surface area contributed by atoms with Crippen LogP contribution in [0.3, 0.4) is 0 Å². The van der Waals surface area contributed by atoms with Gasteiger partial charge < -0.3 is 9.80 Å². The van der Waals surface area contributed by atoms with Gasteiger partial charge in [-0.05, 0) is 31.9 Å². The van der Waals surface area contributed by atoms with Crippen molar-refractivity contribution in [3.05, 3.63) is 42.5 Å². The molecular formula is C20H23N5O2. The monoisotopic (exact) mass is 365 g/mol. The molecule has 2 saturated heterocycles. The summed E-state index contributed by atoms with van der Waals surface area (Å²) in [4.78, 5) is 41.4. The van der Waals surface area contributed by atoms with Crippen LogP contribution < -0.4 is 0 Å². The summed E-state index contributed by atoms with van der Waals surface area (Å²) in [6.45, 7) is 4.96. The minimum atomic E-state index is -0.0424. The van der Waals surface area contributed by atoms with Gasteiger partial charge in [0.2, 0.25) is 5.91 Å². The first-order valence-corrected chi connectivity index (χ1v) is 9.40. The van der Waals surface area contributed by atoms with Gasteiger partial charge in [-0.25, -0.2) is 9.97 Å². The summed E-state index contributed by atoms with van der Waals surface area (Å²) in [5.41, 5.74) is 1.36. The van der Waals surface area contributed by atoms with Crippen molar-refractivity contribution in [2.75, 3.05) is 26.2 Å². The van der Waals surface area contributed by atoms with Crippen molar-refractivity contribution in [2.24, 2.45) is 5.41 Å². The summed E-state index contributed by atoms with van der Waals surface area (Å²) in [5.74, 6) is 0.761. The number of hydrogen-bond donors (Lipinski definition) is 0. The normalized spacial score (nSPS) is 18.9. The van der Waals surface area contributed by atoms with Gasteiger partial charge in [-0.15, -0.1) is 0 Å². The second kappa shape index (κ2) is 7.06. The smallest absolute Gasteiger partial charge is 0.256 e. The zero-order valence-corrected chi connectivity index (χ0v) is 15.5. The molecule has 2 amide bonds. The van der Waals surface area contributed by atoms with Crippen molar-refractivity contribution in [2.45, 2.75) is 26.2 Å². The third kappa shape index (κ3) is 3.41. The molecule has 2 fully saturated rings. The number of pyridine rings is 1.